The molecule has 1 heterocycles. The summed E-state index contributed by atoms with van der Waals surface area (Å²) in [6, 6.07) is 10.2. The maximum atomic E-state index is 12.5. The maximum absolute atomic E-state index is 12.5. The number of rotatable bonds is 5. The average Bonchev–Trinajstić information content (AvgIpc) is 3.37. The third-order valence-electron chi connectivity index (χ3n) is 5.97. The van der Waals surface area contributed by atoms with Crippen molar-refractivity contribution in [2.24, 2.45) is 17.8 Å². The van der Waals surface area contributed by atoms with Crippen molar-refractivity contribution in [1.82, 2.24) is 10.2 Å². The maximum Gasteiger partial charge on any atom is 0.224 e. The van der Waals surface area contributed by atoms with E-state index in [1.54, 1.807) is 0 Å². The molecule has 4 rings (SSSR count). The van der Waals surface area contributed by atoms with Gasteiger partial charge in [-0.2, -0.15) is 0 Å². The fraction of sp³-hybridized carbons (Fsp3) is 0.524. The van der Waals surface area contributed by atoms with Gasteiger partial charge in [0.1, 0.15) is 0 Å². The minimum atomic E-state index is 0.122. The number of nitrogens with one attached hydrogen (secondary N) is 1. The minimum Gasteiger partial charge on any atom is -0.351 e. The Morgan fingerprint density at radius 2 is 1.96 bits per heavy atom. The second kappa shape index (κ2) is 7.03. The third-order valence-corrected chi connectivity index (χ3v) is 5.97. The summed E-state index contributed by atoms with van der Waals surface area (Å²) in [5, 5.41) is 3.20. The van der Waals surface area contributed by atoms with Gasteiger partial charge >= 0.3 is 0 Å². The summed E-state index contributed by atoms with van der Waals surface area (Å²) in [4.78, 5) is 26.9. The number of carbonyl (C=O) groups is 2. The number of benzene rings is 1. The van der Waals surface area contributed by atoms with Crippen molar-refractivity contribution in [2.45, 2.75) is 38.1 Å². The molecule has 1 aliphatic heterocycles. The van der Waals surface area contributed by atoms with Crippen LogP contribution in [0.25, 0.3) is 0 Å². The predicted molar refractivity (Wildman–Crippen MR) is 96.7 cm³/mol. The SMILES string of the molecule is O=C(N[C@@H]1CCN(C(=O)CCc2ccccc2)C1)[C@H]1C[C@H]2C=C[C@H]1C2. The molecule has 2 fully saturated rings. The smallest absolute Gasteiger partial charge is 0.224 e. The lowest BCUT2D eigenvalue weighted by Gasteiger charge is -2.21. The third kappa shape index (κ3) is 3.63. The Morgan fingerprint density at radius 1 is 1.12 bits per heavy atom. The van der Waals surface area contributed by atoms with E-state index in [1.165, 1.54) is 5.56 Å². The highest BCUT2D eigenvalue weighted by Gasteiger charge is 2.40. The first kappa shape index (κ1) is 16.4. The quantitative estimate of drug-likeness (QED) is 0.839. The summed E-state index contributed by atoms with van der Waals surface area (Å²) in [6.45, 7) is 1.42. The van der Waals surface area contributed by atoms with Gasteiger partial charge in [0.15, 0.2) is 0 Å². The van der Waals surface area contributed by atoms with Gasteiger partial charge in [-0.25, -0.2) is 0 Å². The second-order valence-electron chi connectivity index (χ2n) is 7.71. The van der Waals surface area contributed by atoms with Gasteiger partial charge in [0.2, 0.25) is 11.8 Å². The molecule has 2 amide bonds. The lowest BCUT2D eigenvalue weighted by Crippen LogP contribution is -2.42. The number of nitrogens with zero attached hydrogens (tertiary/aromatic N) is 1. The summed E-state index contributed by atoms with van der Waals surface area (Å²) >= 11 is 0. The van der Waals surface area contributed by atoms with Crippen LogP contribution in [0.2, 0.25) is 0 Å². The molecule has 1 N–H and O–H groups in total. The van der Waals surface area contributed by atoms with Gasteiger partial charge < -0.3 is 10.2 Å². The molecule has 0 unspecified atom stereocenters. The van der Waals surface area contributed by atoms with Gasteiger partial charge in [0, 0.05) is 31.5 Å². The minimum absolute atomic E-state index is 0.122. The fourth-order valence-corrected chi connectivity index (χ4v) is 4.55. The van der Waals surface area contributed by atoms with Crippen molar-refractivity contribution >= 4 is 11.8 Å². The van der Waals surface area contributed by atoms with Crippen LogP contribution in [0.15, 0.2) is 42.5 Å². The van der Waals surface area contributed by atoms with E-state index >= 15 is 0 Å². The molecule has 132 valence electrons. The van der Waals surface area contributed by atoms with Gasteiger partial charge in [-0.15, -0.1) is 0 Å². The first-order chi connectivity index (χ1) is 12.2. The van der Waals surface area contributed by atoms with Crippen LogP contribution in [0.5, 0.6) is 0 Å². The number of amides is 2. The largest absolute Gasteiger partial charge is 0.351 e. The molecule has 4 heteroatoms. The monoisotopic (exact) mass is 338 g/mol. The van der Waals surface area contributed by atoms with Gasteiger partial charge in [0.05, 0.1) is 0 Å². The molecule has 1 aromatic rings. The fourth-order valence-electron chi connectivity index (χ4n) is 4.55. The Hall–Kier alpha value is -2.10. The van der Waals surface area contributed by atoms with Crippen LogP contribution in [-0.2, 0) is 16.0 Å². The van der Waals surface area contributed by atoms with E-state index in [1.807, 2.05) is 23.1 Å². The highest BCUT2D eigenvalue weighted by Crippen LogP contribution is 2.43. The van der Waals surface area contributed by atoms with Gasteiger partial charge in [0.25, 0.3) is 0 Å². The van der Waals surface area contributed by atoms with Crippen LogP contribution in [-0.4, -0.2) is 35.8 Å². The van der Waals surface area contributed by atoms with Crippen LogP contribution >= 0.6 is 0 Å². The number of carbonyl (C=O) groups excluding carboxylic acids is 2. The first-order valence-corrected chi connectivity index (χ1v) is 9.49. The van der Waals surface area contributed by atoms with E-state index in [0.717, 1.165) is 32.2 Å². The standard InChI is InChI=1S/C21H26N2O2/c24-20(9-7-15-4-2-1-3-5-15)23-11-10-18(14-23)22-21(25)19-13-16-6-8-17(19)12-16/h1-6,8,16-19H,7,9-14H2,(H,22,25)/t16-,17-,18+,19-/m0/s1. The molecule has 0 aromatic heterocycles. The molecule has 1 saturated carbocycles. The van der Waals surface area contributed by atoms with Crippen molar-refractivity contribution in [3.63, 3.8) is 0 Å². The van der Waals surface area contributed by atoms with E-state index < -0.39 is 0 Å². The van der Waals surface area contributed by atoms with Crippen LogP contribution < -0.4 is 5.32 Å². The number of hydrogen-bond acceptors (Lipinski definition) is 2. The Morgan fingerprint density at radius 3 is 2.68 bits per heavy atom. The van der Waals surface area contributed by atoms with Gasteiger partial charge in [-0.3, -0.25) is 9.59 Å². The lowest BCUT2D eigenvalue weighted by molar-refractivity contribution is -0.131. The van der Waals surface area contributed by atoms with Crippen molar-refractivity contribution < 1.29 is 9.59 Å². The molecule has 1 saturated heterocycles. The Balaban J connectivity index is 1.23. The van der Waals surface area contributed by atoms with Crippen molar-refractivity contribution in [3.05, 3.63) is 48.0 Å². The summed E-state index contributed by atoms with van der Waals surface area (Å²) in [5.41, 5.74) is 1.20. The summed E-state index contributed by atoms with van der Waals surface area (Å²) in [6.07, 6.45) is 8.82. The van der Waals surface area contributed by atoms with E-state index in [4.69, 9.17) is 0 Å². The molecule has 25 heavy (non-hydrogen) atoms. The summed E-state index contributed by atoms with van der Waals surface area (Å²) in [5.74, 6) is 1.59. The Kier molecular flexibility index (Phi) is 4.60. The number of aryl methyl sites for hydroxylation is 1. The highest BCUT2D eigenvalue weighted by molar-refractivity contribution is 5.81. The van der Waals surface area contributed by atoms with Crippen LogP contribution in [0, 0.1) is 17.8 Å². The van der Waals surface area contributed by atoms with Crippen LogP contribution in [0.1, 0.15) is 31.2 Å². The van der Waals surface area contributed by atoms with Crippen molar-refractivity contribution in [3.8, 4) is 0 Å². The summed E-state index contributed by atoms with van der Waals surface area (Å²) in [7, 11) is 0. The second-order valence-corrected chi connectivity index (χ2v) is 7.71. The first-order valence-electron chi connectivity index (χ1n) is 9.49. The molecule has 1 aromatic carbocycles. The van der Waals surface area contributed by atoms with Crippen molar-refractivity contribution in [2.75, 3.05) is 13.1 Å². The van der Waals surface area contributed by atoms with Gasteiger partial charge in [-0.1, -0.05) is 42.5 Å². The Bertz CT molecular complexity index is 670. The number of fused-ring (bicyclic) bond motifs is 2. The lowest BCUT2D eigenvalue weighted by atomic mass is 9.92. The molecule has 0 radical (unpaired) electrons. The topological polar surface area (TPSA) is 49.4 Å². The molecular weight excluding hydrogens is 312 g/mol. The van der Waals surface area contributed by atoms with Gasteiger partial charge in [-0.05, 0) is 43.1 Å². The summed E-state index contributed by atoms with van der Waals surface area (Å²) < 4.78 is 0. The van der Waals surface area contributed by atoms with E-state index in [2.05, 4.69) is 29.6 Å². The van der Waals surface area contributed by atoms with E-state index in [0.29, 0.717) is 24.8 Å². The zero-order chi connectivity index (χ0) is 17.2. The molecule has 0 spiro atoms. The molecular formula is C21H26N2O2. The van der Waals surface area contributed by atoms with E-state index in [9.17, 15) is 9.59 Å². The predicted octanol–water partition coefficient (Wildman–Crippen LogP) is 2.55. The Labute approximate surface area is 149 Å². The van der Waals surface area contributed by atoms with Crippen molar-refractivity contribution in [1.29, 1.82) is 0 Å². The van der Waals surface area contributed by atoms with E-state index in [-0.39, 0.29) is 23.8 Å². The molecule has 4 atom stereocenters. The van der Waals surface area contributed by atoms with Crippen LogP contribution in [0.3, 0.4) is 0 Å². The molecule has 2 bridgehead atoms. The number of likely N-dealkylation sites (tertiary alicyclic amines) is 1. The normalized spacial score (nSPS) is 30.0. The number of hydrogen-bond donors (Lipinski definition) is 1. The number of allylic oxidation sites excluding steroid dienone is 2. The van der Waals surface area contributed by atoms with Crippen LogP contribution in [0.4, 0.5) is 0 Å². The highest BCUT2D eigenvalue weighted by atomic mass is 16.2. The zero-order valence-electron chi connectivity index (χ0n) is 14.6. The molecule has 2 aliphatic carbocycles. The zero-order valence-corrected chi connectivity index (χ0v) is 14.6. The molecule has 3 aliphatic rings. The molecule has 4 nitrogen and oxygen atoms in total. The average molecular weight is 338 g/mol.